The van der Waals surface area contributed by atoms with E-state index in [0.29, 0.717) is 12.2 Å². The van der Waals surface area contributed by atoms with E-state index >= 15 is 0 Å². The van der Waals surface area contributed by atoms with Crippen molar-refractivity contribution in [2.75, 3.05) is 18.4 Å². The first-order chi connectivity index (χ1) is 13.1. The Morgan fingerprint density at radius 2 is 1.96 bits per heavy atom. The van der Waals surface area contributed by atoms with Gasteiger partial charge in [0.1, 0.15) is 0 Å². The molecule has 2 N–H and O–H groups in total. The molecular weight excluding hydrogens is 374 g/mol. The maximum Gasteiger partial charge on any atom is 0.229 e. The zero-order valence-electron chi connectivity index (χ0n) is 16.2. The number of nitrogens with zero attached hydrogens (tertiary/aromatic N) is 3. The number of fused-ring (bicyclic) bond motifs is 1. The van der Waals surface area contributed by atoms with E-state index in [2.05, 4.69) is 45.0 Å². The molecule has 2 aromatic heterocycles. The summed E-state index contributed by atoms with van der Waals surface area (Å²) >= 11 is 0. The van der Waals surface area contributed by atoms with Crippen molar-refractivity contribution in [3.05, 3.63) is 58.9 Å². The summed E-state index contributed by atoms with van der Waals surface area (Å²) in [6.45, 7) is 6.16. The lowest BCUT2D eigenvalue weighted by Crippen LogP contribution is -2.15. The minimum atomic E-state index is -0.0690. The van der Waals surface area contributed by atoms with Crippen LogP contribution in [0.4, 0.5) is 5.82 Å². The van der Waals surface area contributed by atoms with E-state index in [1.54, 1.807) is 10.6 Å². The number of nitrogens with one attached hydrogen (secondary N) is 2. The second kappa shape index (κ2) is 8.71. The molecule has 7 heteroatoms. The zero-order chi connectivity index (χ0) is 18.8. The smallest absolute Gasteiger partial charge is 0.229 e. The van der Waals surface area contributed by atoms with E-state index in [9.17, 15) is 4.79 Å². The lowest BCUT2D eigenvalue weighted by Gasteiger charge is -2.09. The van der Waals surface area contributed by atoms with Crippen LogP contribution in [0.25, 0.3) is 5.65 Å². The van der Waals surface area contributed by atoms with Gasteiger partial charge in [-0.15, -0.1) is 17.5 Å². The third-order valence-corrected chi connectivity index (χ3v) is 5.08. The third-order valence-electron chi connectivity index (χ3n) is 5.08. The van der Waals surface area contributed by atoms with Crippen molar-refractivity contribution in [2.45, 2.75) is 33.1 Å². The highest BCUT2D eigenvalue weighted by atomic mass is 35.5. The molecule has 1 aliphatic heterocycles. The molecule has 6 nitrogen and oxygen atoms in total. The molecule has 1 aliphatic rings. The van der Waals surface area contributed by atoms with Crippen molar-refractivity contribution in [3.63, 3.8) is 0 Å². The fourth-order valence-corrected chi connectivity index (χ4v) is 3.74. The molecule has 1 unspecified atom stereocenters. The average Bonchev–Trinajstić information content (AvgIpc) is 3.26. The lowest BCUT2D eigenvalue weighted by atomic mass is 9.97. The Kier molecular flexibility index (Phi) is 6.31. The maximum atomic E-state index is 12.4. The molecule has 0 radical (unpaired) electrons. The molecule has 1 amide bonds. The third kappa shape index (κ3) is 4.69. The largest absolute Gasteiger partial charge is 0.316 e. The fourth-order valence-electron chi connectivity index (χ4n) is 3.74. The first-order valence-electron chi connectivity index (χ1n) is 9.49. The normalized spacial score (nSPS) is 16.1. The summed E-state index contributed by atoms with van der Waals surface area (Å²) in [7, 11) is 0. The monoisotopic (exact) mass is 399 g/mol. The van der Waals surface area contributed by atoms with Crippen LogP contribution in [-0.4, -0.2) is 33.6 Å². The molecule has 1 saturated heterocycles. The molecular formula is C21H26ClN5O. The number of carbonyl (C=O) groups excluding carboxylic acids is 1. The summed E-state index contributed by atoms with van der Waals surface area (Å²) in [6, 6.07) is 12.2. The molecule has 0 spiro atoms. The number of carbonyl (C=O) groups is 1. The Bertz CT molecular complexity index is 961. The Labute approximate surface area is 171 Å². The van der Waals surface area contributed by atoms with E-state index in [1.807, 2.05) is 19.9 Å². The summed E-state index contributed by atoms with van der Waals surface area (Å²) in [4.78, 5) is 16.8. The van der Waals surface area contributed by atoms with Gasteiger partial charge in [-0.25, -0.2) is 9.50 Å². The molecule has 1 fully saturated rings. The number of benzene rings is 1. The number of aromatic nitrogens is 3. The highest BCUT2D eigenvalue weighted by Gasteiger charge is 2.15. The Morgan fingerprint density at radius 1 is 1.21 bits per heavy atom. The summed E-state index contributed by atoms with van der Waals surface area (Å²) in [5.74, 6) is 1.20. The molecule has 0 saturated carbocycles. The van der Waals surface area contributed by atoms with E-state index in [-0.39, 0.29) is 18.3 Å². The van der Waals surface area contributed by atoms with Gasteiger partial charge in [0.25, 0.3) is 0 Å². The molecule has 28 heavy (non-hydrogen) atoms. The van der Waals surface area contributed by atoms with Crippen LogP contribution in [0.3, 0.4) is 0 Å². The standard InChI is InChI=1S/C21H25N5O.ClH/c1-14-9-15(2)26-20(23-14)12-19(25-26)24-21(27)11-17-5-3-16(4-6-17)10-18-7-8-22-13-18;/h3-6,9,12,18,22H,7-8,10-11,13H2,1-2H3,(H,24,25,27);1H. The van der Waals surface area contributed by atoms with Gasteiger partial charge in [0.15, 0.2) is 11.5 Å². The molecule has 3 aromatic rings. The number of amides is 1. The predicted molar refractivity (Wildman–Crippen MR) is 113 cm³/mol. The van der Waals surface area contributed by atoms with Crippen LogP contribution >= 0.6 is 12.4 Å². The Balaban J connectivity index is 0.00000225. The summed E-state index contributed by atoms with van der Waals surface area (Å²) in [5, 5.41) is 10.7. The van der Waals surface area contributed by atoms with Crippen molar-refractivity contribution in [1.82, 2.24) is 19.9 Å². The van der Waals surface area contributed by atoms with Gasteiger partial charge in [-0.1, -0.05) is 24.3 Å². The van der Waals surface area contributed by atoms with Crippen molar-refractivity contribution in [2.24, 2.45) is 5.92 Å². The topological polar surface area (TPSA) is 71.3 Å². The molecule has 0 bridgehead atoms. The second-order valence-electron chi connectivity index (χ2n) is 7.44. The minimum Gasteiger partial charge on any atom is -0.316 e. The molecule has 0 aliphatic carbocycles. The SMILES string of the molecule is Cc1cc(C)n2nc(NC(=O)Cc3ccc(CC4CCNC4)cc3)cc2n1.Cl. The van der Waals surface area contributed by atoms with Gasteiger partial charge in [0.2, 0.25) is 5.91 Å². The van der Waals surface area contributed by atoms with Gasteiger partial charge in [0, 0.05) is 17.5 Å². The van der Waals surface area contributed by atoms with E-state index in [1.165, 1.54) is 12.0 Å². The Morgan fingerprint density at radius 3 is 2.68 bits per heavy atom. The van der Waals surface area contributed by atoms with E-state index < -0.39 is 0 Å². The molecule has 3 heterocycles. The average molecular weight is 400 g/mol. The number of aryl methyl sites for hydroxylation is 2. The maximum absolute atomic E-state index is 12.4. The fraction of sp³-hybridized carbons (Fsp3) is 0.381. The van der Waals surface area contributed by atoms with Gasteiger partial charge < -0.3 is 10.6 Å². The number of anilines is 1. The summed E-state index contributed by atoms with van der Waals surface area (Å²) < 4.78 is 1.75. The first kappa shape index (κ1) is 20.3. The van der Waals surface area contributed by atoms with Crippen LogP contribution in [-0.2, 0) is 17.6 Å². The van der Waals surface area contributed by atoms with Crippen LogP contribution in [0.15, 0.2) is 36.4 Å². The van der Waals surface area contributed by atoms with Gasteiger partial charge in [-0.3, -0.25) is 4.79 Å². The number of halogens is 1. The van der Waals surface area contributed by atoms with Crippen molar-refractivity contribution in [3.8, 4) is 0 Å². The van der Waals surface area contributed by atoms with Gasteiger partial charge >= 0.3 is 0 Å². The number of hydrogen-bond donors (Lipinski definition) is 2. The van der Waals surface area contributed by atoms with Crippen molar-refractivity contribution < 1.29 is 4.79 Å². The minimum absolute atomic E-state index is 0. The first-order valence-corrected chi connectivity index (χ1v) is 9.49. The van der Waals surface area contributed by atoms with Crippen LogP contribution in [0.2, 0.25) is 0 Å². The summed E-state index contributed by atoms with van der Waals surface area (Å²) in [5.41, 5.74) is 5.02. The van der Waals surface area contributed by atoms with Crippen molar-refractivity contribution >= 4 is 29.8 Å². The molecule has 148 valence electrons. The van der Waals surface area contributed by atoms with Crippen LogP contribution in [0.5, 0.6) is 0 Å². The van der Waals surface area contributed by atoms with Crippen LogP contribution in [0, 0.1) is 19.8 Å². The van der Waals surface area contributed by atoms with E-state index in [4.69, 9.17) is 0 Å². The predicted octanol–water partition coefficient (Wildman–Crippen LogP) is 3.10. The molecule has 1 aromatic carbocycles. The summed E-state index contributed by atoms with van der Waals surface area (Å²) in [6.07, 6.45) is 2.69. The Hall–Kier alpha value is -2.44. The molecule has 1 atom stereocenters. The number of rotatable bonds is 5. The van der Waals surface area contributed by atoms with Gasteiger partial charge in [-0.05, 0) is 62.9 Å². The quantitative estimate of drug-likeness (QED) is 0.691. The van der Waals surface area contributed by atoms with Crippen LogP contribution < -0.4 is 10.6 Å². The highest BCUT2D eigenvalue weighted by molar-refractivity contribution is 5.91. The second-order valence-corrected chi connectivity index (χ2v) is 7.44. The lowest BCUT2D eigenvalue weighted by molar-refractivity contribution is -0.115. The van der Waals surface area contributed by atoms with Crippen LogP contribution in [0.1, 0.15) is 28.9 Å². The van der Waals surface area contributed by atoms with E-state index in [0.717, 1.165) is 48.0 Å². The highest BCUT2D eigenvalue weighted by Crippen LogP contribution is 2.17. The number of hydrogen-bond acceptors (Lipinski definition) is 4. The van der Waals surface area contributed by atoms with Crippen molar-refractivity contribution in [1.29, 1.82) is 0 Å². The molecule has 4 rings (SSSR count). The van der Waals surface area contributed by atoms with Gasteiger partial charge in [-0.2, -0.15) is 0 Å². The van der Waals surface area contributed by atoms with Gasteiger partial charge in [0.05, 0.1) is 6.42 Å². The zero-order valence-corrected chi connectivity index (χ0v) is 17.1.